The van der Waals surface area contributed by atoms with Crippen LogP contribution in [-0.4, -0.2) is 43.1 Å². The SMILES string of the molecule is CC1C(CSc2nnnn2-c2ccccc2)OC(c2cccc(-c3cccc(CNC(=O)c4ccccc4)c3)c2)OC1c1ccc(CO)cc1. The lowest BCUT2D eigenvalue weighted by Crippen LogP contribution is -2.38. The van der Waals surface area contributed by atoms with E-state index in [0.717, 1.165) is 39.1 Å². The van der Waals surface area contributed by atoms with Crippen molar-refractivity contribution in [3.63, 3.8) is 0 Å². The van der Waals surface area contributed by atoms with E-state index in [1.807, 2.05) is 97.1 Å². The summed E-state index contributed by atoms with van der Waals surface area (Å²) in [6.45, 7) is 2.54. The van der Waals surface area contributed by atoms with Crippen LogP contribution in [0.2, 0.25) is 0 Å². The van der Waals surface area contributed by atoms with E-state index >= 15 is 0 Å². The molecule has 2 heterocycles. The maximum absolute atomic E-state index is 12.6. The van der Waals surface area contributed by atoms with Gasteiger partial charge in [-0.3, -0.25) is 4.79 Å². The molecule has 7 rings (SSSR count). The normalized spacial score (nSPS) is 18.8. The van der Waals surface area contributed by atoms with E-state index in [0.29, 0.717) is 23.0 Å². The molecule has 1 aromatic heterocycles. The van der Waals surface area contributed by atoms with Crippen LogP contribution in [0.5, 0.6) is 0 Å². The highest BCUT2D eigenvalue weighted by Crippen LogP contribution is 2.43. The molecule has 6 aromatic rings. The number of hydrogen-bond acceptors (Lipinski definition) is 8. The fourth-order valence-electron chi connectivity index (χ4n) is 6.07. The Kier molecular flexibility index (Phi) is 10.4. The highest BCUT2D eigenvalue weighted by atomic mass is 32.2. The molecule has 50 heavy (non-hydrogen) atoms. The second kappa shape index (κ2) is 15.6. The summed E-state index contributed by atoms with van der Waals surface area (Å²) >= 11 is 1.55. The number of amides is 1. The molecule has 9 nitrogen and oxygen atoms in total. The highest BCUT2D eigenvalue weighted by Gasteiger charge is 2.38. The first-order valence-electron chi connectivity index (χ1n) is 16.6. The molecule has 4 atom stereocenters. The third kappa shape index (κ3) is 7.69. The first kappa shape index (κ1) is 33.4. The predicted molar refractivity (Wildman–Crippen MR) is 192 cm³/mol. The Morgan fingerprint density at radius 2 is 1.52 bits per heavy atom. The van der Waals surface area contributed by atoms with Crippen LogP contribution in [-0.2, 0) is 22.6 Å². The van der Waals surface area contributed by atoms with Gasteiger partial charge in [0.1, 0.15) is 0 Å². The molecular weight excluding hydrogens is 647 g/mol. The summed E-state index contributed by atoms with van der Waals surface area (Å²) in [5.74, 6) is 0.505. The molecule has 5 aromatic carbocycles. The van der Waals surface area contributed by atoms with E-state index in [2.05, 4.69) is 52.0 Å². The van der Waals surface area contributed by atoms with Crippen LogP contribution < -0.4 is 5.32 Å². The largest absolute Gasteiger partial charge is 0.392 e. The molecule has 1 amide bonds. The third-order valence-electron chi connectivity index (χ3n) is 8.85. The van der Waals surface area contributed by atoms with Gasteiger partial charge in [-0.2, -0.15) is 4.68 Å². The Morgan fingerprint density at radius 1 is 0.800 bits per heavy atom. The van der Waals surface area contributed by atoms with E-state index in [1.54, 1.807) is 28.6 Å². The van der Waals surface area contributed by atoms with E-state index < -0.39 is 6.29 Å². The minimum atomic E-state index is -0.627. The first-order chi connectivity index (χ1) is 24.6. The Bertz CT molecular complexity index is 2020. The Labute approximate surface area is 295 Å². The van der Waals surface area contributed by atoms with Crippen LogP contribution in [0.4, 0.5) is 0 Å². The number of thioether (sulfide) groups is 1. The molecule has 1 aliphatic rings. The minimum absolute atomic E-state index is 0.00532. The van der Waals surface area contributed by atoms with Crippen LogP contribution in [0.15, 0.2) is 139 Å². The molecule has 0 saturated carbocycles. The van der Waals surface area contributed by atoms with Gasteiger partial charge in [-0.1, -0.05) is 116 Å². The van der Waals surface area contributed by atoms with E-state index in [-0.39, 0.29) is 30.6 Å². The van der Waals surface area contributed by atoms with Crippen LogP contribution in [0.25, 0.3) is 16.8 Å². The van der Waals surface area contributed by atoms with Crippen molar-refractivity contribution < 1.29 is 19.4 Å². The zero-order valence-corrected chi connectivity index (χ0v) is 28.3. The fraction of sp³-hybridized carbons (Fsp3) is 0.200. The Hall–Kier alpha value is -5.13. The maximum Gasteiger partial charge on any atom is 0.251 e. The number of hydrogen-bond donors (Lipinski definition) is 2. The molecule has 1 saturated heterocycles. The molecule has 1 fully saturated rings. The average molecular weight is 684 g/mol. The lowest BCUT2D eigenvalue weighted by Gasteiger charge is -2.41. The molecule has 10 heteroatoms. The van der Waals surface area contributed by atoms with Gasteiger partial charge in [0.15, 0.2) is 6.29 Å². The van der Waals surface area contributed by atoms with Gasteiger partial charge in [0, 0.05) is 29.3 Å². The number of carbonyl (C=O) groups is 1. The number of carbonyl (C=O) groups excluding carboxylic acids is 1. The van der Waals surface area contributed by atoms with Crippen molar-refractivity contribution in [3.05, 3.63) is 161 Å². The quantitative estimate of drug-likeness (QED) is 0.137. The second-order valence-corrected chi connectivity index (χ2v) is 13.2. The van der Waals surface area contributed by atoms with Crippen molar-refractivity contribution in [2.24, 2.45) is 5.92 Å². The number of tetrazole rings is 1. The number of rotatable bonds is 11. The van der Waals surface area contributed by atoms with Crippen LogP contribution in [0.1, 0.15) is 51.9 Å². The van der Waals surface area contributed by atoms with Gasteiger partial charge >= 0.3 is 0 Å². The summed E-state index contributed by atoms with van der Waals surface area (Å²) in [4.78, 5) is 12.6. The highest BCUT2D eigenvalue weighted by molar-refractivity contribution is 7.99. The zero-order chi connectivity index (χ0) is 34.3. The Morgan fingerprint density at radius 3 is 2.28 bits per heavy atom. The van der Waals surface area contributed by atoms with Crippen molar-refractivity contribution in [1.82, 2.24) is 25.5 Å². The number of benzene rings is 5. The average Bonchev–Trinajstić information content (AvgIpc) is 3.66. The molecule has 1 aliphatic heterocycles. The number of aromatic nitrogens is 4. The van der Waals surface area contributed by atoms with Gasteiger partial charge in [-0.15, -0.1) is 5.10 Å². The number of para-hydroxylation sites is 1. The molecule has 0 bridgehead atoms. The van der Waals surface area contributed by atoms with Crippen LogP contribution >= 0.6 is 11.8 Å². The van der Waals surface area contributed by atoms with Gasteiger partial charge < -0.3 is 19.9 Å². The van der Waals surface area contributed by atoms with Gasteiger partial charge in [0.05, 0.1) is 24.5 Å². The molecule has 0 radical (unpaired) electrons. The van der Waals surface area contributed by atoms with Crippen molar-refractivity contribution in [1.29, 1.82) is 0 Å². The monoisotopic (exact) mass is 683 g/mol. The summed E-state index contributed by atoms with van der Waals surface area (Å²) in [7, 11) is 0. The fourth-order valence-corrected chi connectivity index (χ4v) is 7.12. The van der Waals surface area contributed by atoms with Crippen molar-refractivity contribution in [2.45, 2.75) is 43.7 Å². The van der Waals surface area contributed by atoms with Gasteiger partial charge in [-0.25, -0.2) is 0 Å². The lowest BCUT2D eigenvalue weighted by atomic mass is 9.91. The van der Waals surface area contributed by atoms with Crippen molar-refractivity contribution in [3.8, 4) is 16.8 Å². The smallest absolute Gasteiger partial charge is 0.251 e. The maximum atomic E-state index is 12.6. The van der Waals surface area contributed by atoms with Crippen LogP contribution in [0.3, 0.4) is 0 Å². The van der Waals surface area contributed by atoms with Crippen molar-refractivity contribution >= 4 is 17.7 Å². The molecule has 252 valence electrons. The standard InChI is InChI=1S/C40H37N5O4S/c1-27-36(26-50-40-42-43-44-45(40)35-16-6-3-7-17-35)48-39(49-37(27)30-20-18-28(25-46)19-21-30)34-15-9-14-33(23-34)32-13-8-10-29(22-32)24-41-38(47)31-11-4-2-5-12-31/h2-23,27,36-37,39,46H,24-26H2,1H3,(H,41,47). The zero-order valence-electron chi connectivity index (χ0n) is 27.5. The van der Waals surface area contributed by atoms with Crippen molar-refractivity contribution in [2.75, 3.05) is 5.75 Å². The van der Waals surface area contributed by atoms with Gasteiger partial charge in [0.2, 0.25) is 5.16 Å². The summed E-state index contributed by atoms with van der Waals surface area (Å²) in [6, 6.07) is 43.3. The topological polar surface area (TPSA) is 111 Å². The summed E-state index contributed by atoms with van der Waals surface area (Å²) in [6.07, 6.45) is -1.07. The first-order valence-corrected chi connectivity index (χ1v) is 17.5. The minimum Gasteiger partial charge on any atom is -0.392 e. The number of nitrogens with zero attached hydrogens (tertiary/aromatic N) is 4. The summed E-state index contributed by atoms with van der Waals surface area (Å²) < 4.78 is 15.2. The van der Waals surface area contributed by atoms with Crippen LogP contribution in [0, 0.1) is 5.92 Å². The van der Waals surface area contributed by atoms with Gasteiger partial charge in [0.25, 0.3) is 5.91 Å². The van der Waals surface area contributed by atoms with E-state index in [4.69, 9.17) is 9.47 Å². The van der Waals surface area contributed by atoms with E-state index in [9.17, 15) is 9.90 Å². The molecule has 4 unspecified atom stereocenters. The molecular formula is C40H37N5O4S. The number of aliphatic hydroxyl groups is 1. The Balaban J connectivity index is 1.12. The second-order valence-electron chi connectivity index (χ2n) is 12.2. The third-order valence-corrected chi connectivity index (χ3v) is 9.86. The van der Waals surface area contributed by atoms with E-state index in [1.165, 1.54) is 0 Å². The van der Waals surface area contributed by atoms with Gasteiger partial charge in [-0.05, 0) is 74.6 Å². The number of aliphatic hydroxyl groups excluding tert-OH is 1. The predicted octanol–water partition coefficient (Wildman–Crippen LogP) is 7.34. The molecule has 2 N–H and O–H groups in total. The molecule has 0 aliphatic carbocycles. The summed E-state index contributed by atoms with van der Waals surface area (Å²) in [5.41, 5.74) is 7.33. The summed E-state index contributed by atoms with van der Waals surface area (Å²) in [5, 5.41) is 25.8. The lowest BCUT2D eigenvalue weighted by molar-refractivity contribution is -0.268. The number of ether oxygens (including phenoxy) is 2. The molecule has 0 spiro atoms. The number of nitrogens with one attached hydrogen (secondary N) is 1.